The van der Waals surface area contributed by atoms with Crippen molar-refractivity contribution < 1.29 is 9.53 Å². The molecule has 0 saturated heterocycles. The number of hydrogen-bond acceptors (Lipinski definition) is 3. The molecule has 2 N–H and O–H groups in total. The lowest BCUT2D eigenvalue weighted by molar-refractivity contribution is 0.0971. The second kappa shape index (κ2) is 7.41. The first kappa shape index (κ1) is 17.4. The van der Waals surface area contributed by atoms with Crippen LogP contribution in [-0.4, -0.2) is 23.2 Å². The summed E-state index contributed by atoms with van der Waals surface area (Å²) in [4.78, 5) is 12.3. The van der Waals surface area contributed by atoms with Gasteiger partial charge in [0.15, 0.2) is 5.11 Å². The maximum absolute atomic E-state index is 12.3. The molecule has 0 spiro atoms. The number of carbonyl (C=O) groups excluding carboxylic acids is 1. The van der Waals surface area contributed by atoms with E-state index >= 15 is 0 Å². The van der Waals surface area contributed by atoms with Crippen LogP contribution in [0.15, 0.2) is 24.3 Å². The Morgan fingerprint density at radius 1 is 1.29 bits per heavy atom. The highest BCUT2D eigenvalue weighted by Gasteiger charge is 2.16. The molecule has 5 heteroatoms. The monoisotopic (exact) mass is 308 g/mol. The Bertz CT molecular complexity index is 507. The molecule has 0 aliphatic heterocycles. The molecule has 0 unspecified atom stereocenters. The number of hydrogen-bond donors (Lipinski definition) is 2. The van der Waals surface area contributed by atoms with Crippen LogP contribution in [0.25, 0.3) is 0 Å². The molecule has 0 fully saturated rings. The van der Waals surface area contributed by atoms with Crippen LogP contribution in [0.3, 0.4) is 0 Å². The van der Waals surface area contributed by atoms with Crippen molar-refractivity contribution in [1.29, 1.82) is 0 Å². The fourth-order valence-electron chi connectivity index (χ4n) is 1.58. The van der Waals surface area contributed by atoms with Gasteiger partial charge in [-0.15, -0.1) is 0 Å². The van der Waals surface area contributed by atoms with Crippen LogP contribution >= 0.6 is 12.2 Å². The van der Waals surface area contributed by atoms with Crippen molar-refractivity contribution in [1.82, 2.24) is 10.6 Å². The highest BCUT2D eigenvalue weighted by molar-refractivity contribution is 7.80. The SMILES string of the molecule is CC(C)COc1ccccc1C(=O)NC(=S)NC(C)(C)C. The van der Waals surface area contributed by atoms with Crippen LogP contribution in [0.5, 0.6) is 5.75 Å². The largest absolute Gasteiger partial charge is 0.492 e. The number of nitrogens with one attached hydrogen (secondary N) is 2. The van der Waals surface area contributed by atoms with Gasteiger partial charge in [-0.05, 0) is 51.0 Å². The fraction of sp³-hybridized carbons (Fsp3) is 0.500. The Hall–Kier alpha value is -1.62. The molecule has 0 saturated carbocycles. The zero-order valence-corrected chi connectivity index (χ0v) is 14.1. The Kier molecular flexibility index (Phi) is 6.15. The van der Waals surface area contributed by atoms with Gasteiger partial charge >= 0.3 is 0 Å². The molecular weight excluding hydrogens is 284 g/mol. The van der Waals surface area contributed by atoms with Gasteiger partial charge in [0, 0.05) is 5.54 Å². The minimum absolute atomic E-state index is 0.196. The molecule has 116 valence electrons. The van der Waals surface area contributed by atoms with E-state index in [0.29, 0.717) is 29.0 Å². The molecule has 1 aromatic rings. The molecule has 4 nitrogen and oxygen atoms in total. The zero-order chi connectivity index (χ0) is 16.0. The van der Waals surface area contributed by atoms with Gasteiger partial charge in [-0.2, -0.15) is 0 Å². The first-order valence-corrected chi connectivity index (χ1v) is 7.45. The Morgan fingerprint density at radius 2 is 1.90 bits per heavy atom. The summed E-state index contributed by atoms with van der Waals surface area (Å²) in [5, 5.41) is 6.04. The number of amides is 1. The molecule has 0 radical (unpaired) electrons. The van der Waals surface area contributed by atoms with Crippen molar-refractivity contribution in [3.8, 4) is 5.75 Å². The fourth-order valence-corrected chi connectivity index (χ4v) is 1.98. The van der Waals surface area contributed by atoms with Gasteiger partial charge in [-0.3, -0.25) is 10.1 Å². The third-order valence-corrected chi connectivity index (χ3v) is 2.62. The van der Waals surface area contributed by atoms with Crippen molar-refractivity contribution in [3.05, 3.63) is 29.8 Å². The van der Waals surface area contributed by atoms with E-state index in [4.69, 9.17) is 17.0 Å². The van der Waals surface area contributed by atoms with E-state index in [1.807, 2.05) is 26.8 Å². The number of para-hydroxylation sites is 1. The number of carbonyl (C=O) groups is 1. The third-order valence-electron chi connectivity index (χ3n) is 2.42. The van der Waals surface area contributed by atoms with Gasteiger partial charge in [0.25, 0.3) is 5.91 Å². The second-order valence-electron chi connectivity index (χ2n) is 6.36. The van der Waals surface area contributed by atoms with E-state index in [-0.39, 0.29) is 11.4 Å². The van der Waals surface area contributed by atoms with Crippen molar-refractivity contribution in [2.45, 2.75) is 40.2 Å². The van der Waals surface area contributed by atoms with Crippen molar-refractivity contribution in [2.75, 3.05) is 6.61 Å². The van der Waals surface area contributed by atoms with E-state index in [1.54, 1.807) is 18.2 Å². The van der Waals surface area contributed by atoms with Crippen molar-refractivity contribution in [2.24, 2.45) is 5.92 Å². The predicted molar refractivity (Wildman–Crippen MR) is 89.7 cm³/mol. The van der Waals surface area contributed by atoms with E-state index in [9.17, 15) is 4.79 Å². The number of rotatable bonds is 4. The summed E-state index contributed by atoms with van der Waals surface area (Å²) in [6, 6.07) is 7.16. The summed E-state index contributed by atoms with van der Waals surface area (Å²) in [6.45, 7) is 10.6. The summed E-state index contributed by atoms with van der Waals surface area (Å²) in [6.07, 6.45) is 0. The van der Waals surface area contributed by atoms with Gasteiger partial charge in [-0.1, -0.05) is 26.0 Å². The first-order valence-electron chi connectivity index (χ1n) is 7.04. The van der Waals surface area contributed by atoms with E-state index in [0.717, 1.165) is 0 Å². The minimum atomic E-state index is -0.267. The third kappa shape index (κ3) is 6.58. The topological polar surface area (TPSA) is 50.4 Å². The van der Waals surface area contributed by atoms with Gasteiger partial charge in [0.2, 0.25) is 0 Å². The molecule has 0 heterocycles. The average molecular weight is 308 g/mol. The summed E-state index contributed by atoms with van der Waals surface area (Å²) >= 11 is 5.14. The zero-order valence-electron chi connectivity index (χ0n) is 13.3. The van der Waals surface area contributed by atoms with Crippen LogP contribution in [0, 0.1) is 5.92 Å². The molecule has 0 atom stereocenters. The maximum atomic E-state index is 12.3. The number of thiocarbonyl (C=S) groups is 1. The van der Waals surface area contributed by atoms with Crippen LogP contribution < -0.4 is 15.4 Å². The molecule has 1 rings (SSSR count). The quantitative estimate of drug-likeness (QED) is 0.839. The van der Waals surface area contributed by atoms with E-state index in [1.165, 1.54) is 0 Å². The van der Waals surface area contributed by atoms with Crippen molar-refractivity contribution in [3.63, 3.8) is 0 Å². The summed E-state index contributed by atoms with van der Waals surface area (Å²) in [7, 11) is 0. The van der Waals surface area contributed by atoms with Crippen LogP contribution in [0.1, 0.15) is 45.0 Å². The summed E-state index contributed by atoms with van der Waals surface area (Å²) in [5.74, 6) is 0.697. The standard InChI is InChI=1S/C16H24N2O2S/c1-11(2)10-20-13-9-7-6-8-12(13)14(19)17-15(21)18-16(3,4)5/h6-9,11H,10H2,1-5H3,(H2,17,18,19,21). The highest BCUT2D eigenvalue weighted by Crippen LogP contribution is 2.18. The molecule has 0 aliphatic rings. The second-order valence-corrected chi connectivity index (χ2v) is 6.77. The lowest BCUT2D eigenvalue weighted by Crippen LogP contribution is -2.48. The Morgan fingerprint density at radius 3 is 2.48 bits per heavy atom. The van der Waals surface area contributed by atoms with Crippen LogP contribution in [0.4, 0.5) is 0 Å². The molecule has 21 heavy (non-hydrogen) atoms. The normalized spacial score (nSPS) is 11.1. The molecule has 1 amide bonds. The van der Waals surface area contributed by atoms with Gasteiger partial charge in [-0.25, -0.2) is 0 Å². The van der Waals surface area contributed by atoms with Crippen molar-refractivity contribution >= 4 is 23.2 Å². The van der Waals surface area contributed by atoms with E-state index in [2.05, 4.69) is 24.5 Å². The summed E-state index contributed by atoms with van der Waals surface area (Å²) in [5.41, 5.74) is 0.286. The maximum Gasteiger partial charge on any atom is 0.261 e. The Balaban J connectivity index is 2.76. The molecule has 1 aromatic carbocycles. The van der Waals surface area contributed by atoms with Gasteiger partial charge < -0.3 is 10.1 Å². The molecule has 0 aliphatic carbocycles. The van der Waals surface area contributed by atoms with Crippen LogP contribution in [0.2, 0.25) is 0 Å². The summed E-state index contributed by atoms with van der Waals surface area (Å²) < 4.78 is 5.68. The minimum Gasteiger partial charge on any atom is -0.492 e. The molecule has 0 aromatic heterocycles. The van der Waals surface area contributed by atoms with E-state index < -0.39 is 0 Å². The van der Waals surface area contributed by atoms with Gasteiger partial charge in [0.05, 0.1) is 12.2 Å². The lowest BCUT2D eigenvalue weighted by atomic mass is 10.1. The smallest absolute Gasteiger partial charge is 0.261 e. The number of benzene rings is 1. The average Bonchev–Trinajstić information content (AvgIpc) is 2.34. The number of ether oxygens (including phenoxy) is 1. The van der Waals surface area contributed by atoms with Crippen LogP contribution in [-0.2, 0) is 0 Å². The first-order chi connectivity index (χ1) is 9.69. The van der Waals surface area contributed by atoms with Gasteiger partial charge in [0.1, 0.15) is 5.75 Å². The predicted octanol–water partition coefficient (Wildman–Crippen LogP) is 3.12. The Labute approximate surface area is 132 Å². The molecule has 0 bridgehead atoms. The molecular formula is C16H24N2O2S. The highest BCUT2D eigenvalue weighted by atomic mass is 32.1. The lowest BCUT2D eigenvalue weighted by Gasteiger charge is -2.22.